The van der Waals surface area contributed by atoms with Gasteiger partial charge >= 0.3 is 0 Å². The lowest BCUT2D eigenvalue weighted by atomic mass is 10.1. The second-order valence-electron chi connectivity index (χ2n) is 7.61. The molecule has 0 spiro atoms. The summed E-state index contributed by atoms with van der Waals surface area (Å²) < 4.78 is 11.0. The Kier molecular flexibility index (Phi) is 7.81. The highest BCUT2D eigenvalue weighted by atomic mass is 16.5. The average molecular weight is 446 g/mol. The van der Waals surface area contributed by atoms with Crippen molar-refractivity contribution in [2.24, 2.45) is 5.10 Å². The van der Waals surface area contributed by atoms with Crippen molar-refractivity contribution in [3.05, 3.63) is 88.5 Å². The van der Waals surface area contributed by atoms with E-state index in [-0.39, 0.29) is 18.4 Å². The number of anilines is 1. The summed E-state index contributed by atoms with van der Waals surface area (Å²) in [6.45, 7) is 5.76. The first-order valence-corrected chi connectivity index (χ1v) is 10.4. The molecular weight excluding hydrogens is 418 g/mol. The van der Waals surface area contributed by atoms with E-state index in [1.54, 1.807) is 30.3 Å². The van der Waals surface area contributed by atoms with Crippen LogP contribution >= 0.6 is 0 Å². The van der Waals surface area contributed by atoms with Gasteiger partial charge in [0.05, 0.1) is 13.3 Å². The van der Waals surface area contributed by atoms with E-state index in [2.05, 4.69) is 15.8 Å². The van der Waals surface area contributed by atoms with Gasteiger partial charge in [0.15, 0.2) is 18.1 Å². The predicted molar refractivity (Wildman–Crippen MR) is 129 cm³/mol. The first-order chi connectivity index (χ1) is 15.9. The van der Waals surface area contributed by atoms with Crippen LogP contribution in [0.25, 0.3) is 0 Å². The van der Waals surface area contributed by atoms with Crippen molar-refractivity contribution in [2.45, 2.75) is 20.8 Å². The number of aryl methyl sites for hydroxylation is 3. The molecule has 0 saturated carbocycles. The number of benzene rings is 3. The number of carbonyl (C=O) groups is 2. The third kappa shape index (κ3) is 6.67. The Balaban J connectivity index is 1.57. The van der Waals surface area contributed by atoms with E-state index in [9.17, 15) is 9.59 Å². The maximum Gasteiger partial charge on any atom is 0.271 e. The van der Waals surface area contributed by atoms with E-state index in [0.29, 0.717) is 22.6 Å². The summed E-state index contributed by atoms with van der Waals surface area (Å²) in [5, 5.41) is 6.82. The van der Waals surface area contributed by atoms with Crippen molar-refractivity contribution in [3.63, 3.8) is 0 Å². The SMILES string of the molecule is COc1cc(/C=N\NC(=O)c2cccc(C)c2)ccc1OCC(=O)Nc1ccc(C)c(C)c1. The molecule has 0 saturated heterocycles. The average Bonchev–Trinajstić information content (AvgIpc) is 2.80. The number of nitrogens with zero attached hydrogens (tertiary/aromatic N) is 1. The van der Waals surface area contributed by atoms with E-state index in [1.807, 2.05) is 51.1 Å². The van der Waals surface area contributed by atoms with Crippen LogP contribution in [0.1, 0.15) is 32.6 Å². The number of nitrogens with one attached hydrogen (secondary N) is 2. The summed E-state index contributed by atoms with van der Waals surface area (Å²) in [5.74, 6) is 0.304. The molecule has 7 heteroatoms. The number of hydrazone groups is 1. The smallest absolute Gasteiger partial charge is 0.271 e. The lowest BCUT2D eigenvalue weighted by molar-refractivity contribution is -0.118. The number of amides is 2. The van der Waals surface area contributed by atoms with Gasteiger partial charge in [-0.05, 0) is 79.9 Å². The molecule has 0 aromatic heterocycles. The third-order valence-electron chi connectivity index (χ3n) is 5.00. The Morgan fingerprint density at radius 1 is 0.939 bits per heavy atom. The molecule has 0 fully saturated rings. The minimum Gasteiger partial charge on any atom is -0.493 e. The Morgan fingerprint density at radius 2 is 1.76 bits per heavy atom. The Labute approximate surface area is 193 Å². The predicted octanol–water partition coefficient (Wildman–Crippen LogP) is 4.40. The molecule has 0 aliphatic heterocycles. The van der Waals surface area contributed by atoms with Crippen LogP contribution < -0.4 is 20.2 Å². The van der Waals surface area contributed by atoms with Crippen molar-refractivity contribution in [3.8, 4) is 11.5 Å². The first kappa shape index (κ1) is 23.5. The molecule has 33 heavy (non-hydrogen) atoms. The van der Waals surface area contributed by atoms with Gasteiger partial charge in [0.25, 0.3) is 11.8 Å². The van der Waals surface area contributed by atoms with Crippen LogP contribution in [-0.2, 0) is 4.79 Å². The maximum atomic E-state index is 12.3. The van der Waals surface area contributed by atoms with Gasteiger partial charge in [0.2, 0.25) is 0 Å². The molecule has 2 N–H and O–H groups in total. The van der Waals surface area contributed by atoms with Crippen LogP contribution in [0.15, 0.2) is 65.8 Å². The molecule has 0 bridgehead atoms. The highest BCUT2D eigenvalue weighted by molar-refractivity contribution is 5.95. The second-order valence-corrected chi connectivity index (χ2v) is 7.61. The van der Waals surface area contributed by atoms with Crippen LogP contribution in [0.3, 0.4) is 0 Å². The fourth-order valence-electron chi connectivity index (χ4n) is 3.06. The molecule has 0 radical (unpaired) electrons. The highest BCUT2D eigenvalue weighted by Gasteiger charge is 2.10. The molecule has 2 amide bonds. The Bertz CT molecular complexity index is 1190. The molecule has 3 rings (SSSR count). The molecule has 0 aliphatic rings. The number of methoxy groups -OCH3 is 1. The van der Waals surface area contributed by atoms with E-state index in [1.165, 1.54) is 13.3 Å². The standard InChI is InChI=1S/C26H27N3O4/c1-17-6-5-7-21(12-17)26(31)29-27-15-20-9-11-23(24(14-20)32-4)33-16-25(30)28-22-10-8-18(2)19(3)13-22/h5-15H,16H2,1-4H3,(H,28,30)(H,29,31)/b27-15-. The van der Waals surface area contributed by atoms with Crippen LogP contribution in [0.5, 0.6) is 11.5 Å². The van der Waals surface area contributed by atoms with Crippen molar-refractivity contribution < 1.29 is 19.1 Å². The van der Waals surface area contributed by atoms with Crippen LogP contribution in [-0.4, -0.2) is 31.7 Å². The van der Waals surface area contributed by atoms with Crippen molar-refractivity contribution in [1.29, 1.82) is 0 Å². The highest BCUT2D eigenvalue weighted by Crippen LogP contribution is 2.27. The summed E-state index contributed by atoms with van der Waals surface area (Å²) in [4.78, 5) is 24.4. The molecule has 7 nitrogen and oxygen atoms in total. The van der Waals surface area contributed by atoms with Gasteiger partial charge < -0.3 is 14.8 Å². The summed E-state index contributed by atoms with van der Waals surface area (Å²) in [7, 11) is 1.51. The zero-order chi connectivity index (χ0) is 23.8. The number of carbonyl (C=O) groups excluding carboxylic acids is 2. The van der Waals surface area contributed by atoms with Gasteiger partial charge in [-0.15, -0.1) is 0 Å². The molecule has 3 aromatic carbocycles. The van der Waals surface area contributed by atoms with Crippen LogP contribution in [0.4, 0.5) is 5.69 Å². The van der Waals surface area contributed by atoms with Crippen LogP contribution in [0.2, 0.25) is 0 Å². The minimum absolute atomic E-state index is 0.163. The number of rotatable bonds is 8. The topological polar surface area (TPSA) is 89.0 Å². The maximum absolute atomic E-state index is 12.3. The summed E-state index contributed by atoms with van der Waals surface area (Å²) in [5.41, 5.74) is 7.71. The summed E-state index contributed by atoms with van der Waals surface area (Å²) in [6.07, 6.45) is 1.51. The van der Waals surface area contributed by atoms with Gasteiger partial charge in [-0.2, -0.15) is 5.10 Å². The van der Waals surface area contributed by atoms with Crippen molar-refractivity contribution in [1.82, 2.24) is 5.43 Å². The molecule has 0 heterocycles. The fraction of sp³-hybridized carbons (Fsp3) is 0.192. The van der Waals surface area contributed by atoms with Gasteiger partial charge in [0.1, 0.15) is 0 Å². The molecule has 3 aromatic rings. The van der Waals surface area contributed by atoms with E-state index in [4.69, 9.17) is 9.47 Å². The molecular formula is C26H27N3O4. The van der Waals surface area contributed by atoms with Gasteiger partial charge in [-0.25, -0.2) is 5.43 Å². The van der Waals surface area contributed by atoms with E-state index >= 15 is 0 Å². The van der Waals surface area contributed by atoms with Crippen molar-refractivity contribution in [2.75, 3.05) is 19.0 Å². The van der Waals surface area contributed by atoms with Gasteiger partial charge in [-0.1, -0.05) is 23.8 Å². The Morgan fingerprint density at radius 3 is 2.48 bits per heavy atom. The number of ether oxygens (including phenoxy) is 2. The normalized spacial score (nSPS) is 10.7. The largest absolute Gasteiger partial charge is 0.493 e. The molecule has 170 valence electrons. The second kappa shape index (κ2) is 10.9. The summed E-state index contributed by atoms with van der Waals surface area (Å²) in [6, 6.07) is 18.1. The number of hydrogen-bond donors (Lipinski definition) is 2. The Hall–Kier alpha value is -4.13. The molecule has 0 atom stereocenters. The minimum atomic E-state index is -0.295. The fourth-order valence-corrected chi connectivity index (χ4v) is 3.06. The third-order valence-corrected chi connectivity index (χ3v) is 5.00. The van der Waals surface area contributed by atoms with Gasteiger partial charge in [0, 0.05) is 11.3 Å². The lowest BCUT2D eigenvalue weighted by Crippen LogP contribution is -2.20. The van der Waals surface area contributed by atoms with E-state index in [0.717, 1.165) is 22.4 Å². The number of hydrogen-bond acceptors (Lipinski definition) is 5. The molecule has 0 unspecified atom stereocenters. The zero-order valence-corrected chi connectivity index (χ0v) is 19.1. The zero-order valence-electron chi connectivity index (χ0n) is 19.1. The van der Waals surface area contributed by atoms with Gasteiger partial charge in [-0.3, -0.25) is 9.59 Å². The van der Waals surface area contributed by atoms with Crippen LogP contribution in [0, 0.1) is 20.8 Å². The summed E-state index contributed by atoms with van der Waals surface area (Å²) >= 11 is 0. The van der Waals surface area contributed by atoms with E-state index < -0.39 is 0 Å². The molecule has 0 aliphatic carbocycles. The quantitative estimate of drug-likeness (QED) is 0.397. The lowest BCUT2D eigenvalue weighted by Gasteiger charge is -2.12. The monoisotopic (exact) mass is 445 g/mol. The first-order valence-electron chi connectivity index (χ1n) is 10.4. The van der Waals surface area contributed by atoms with Crippen molar-refractivity contribution >= 4 is 23.7 Å².